The Morgan fingerprint density at radius 1 is 1.32 bits per heavy atom. The third-order valence-corrected chi connectivity index (χ3v) is 6.52. The molecule has 0 radical (unpaired) electrons. The molecule has 3 atom stereocenters. The molecule has 102 valence electrons. The van der Waals surface area contributed by atoms with E-state index in [9.17, 15) is 9.50 Å². The molecule has 19 heavy (non-hydrogen) atoms. The third-order valence-electron chi connectivity index (χ3n) is 3.34. The van der Waals surface area contributed by atoms with Crippen LogP contribution in [0.4, 0.5) is 4.39 Å². The van der Waals surface area contributed by atoms with Gasteiger partial charge in [-0.05, 0) is 24.3 Å². The summed E-state index contributed by atoms with van der Waals surface area (Å²) >= 11 is 3.66. The van der Waals surface area contributed by atoms with Gasteiger partial charge in [-0.25, -0.2) is 4.39 Å². The van der Waals surface area contributed by atoms with Gasteiger partial charge in [0.2, 0.25) is 0 Å². The number of hydrogen-bond acceptors (Lipinski definition) is 4. The predicted octanol–water partition coefficient (Wildman–Crippen LogP) is 3.84. The number of aliphatic hydroxyl groups excluding tert-OH is 1. The van der Waals surface area contributed by atoms with E-state index in [1.165, 1.54) is 12.1 Å². The Kier molecular flexibility index (Phi) is 3.78. The van der Waals surface area contributed by atoms with Gasteiger partial charge < -0.3 is 9.52 Å². The van der Waals surface area contributed by atoms with Crippen molar-refractivity contribution < 1.29 is 13.9 Å². The first-order valence-electron chi connectivity index (χ1n) is 6.25. The third kappa shape index (κ3) is 2.64. The molecule has 1 aliphatic heterocycles. The van der Waals surface area contributed by atoms with Crippen LogP contribution in [0.2, 0.25) is 0 Å². The minimum atomic E-state index is -0.636. The van der Waals surface area contributed by atoms with Crippen LogP contribution in [0.15, 0.2) is 28.7 Å². The van der Waals surface area contributed by atoms with E-state index in [-0.39, 0.29) is 11.1 Å². The lowest BCUT2D eigenvalue weighted by atomic mass is 10.1. The fourth-order valence-corrected chi connectivity index (χ4v) is 5.15. The van der Waals surface area contributed by atoms with Crippen LogP contribution in [0.3, 0.4) is 0 Å². The Hall–Kier alpha value is -0.650. The highest BCUT2D eigenvalue weighted by atomic mass is 32.2. The first kappa shape index (κ1) is 13.3. The molecule has 3 unspecified atom stereocenters. The van der Waals surface area contributed by atoms with Crippen molar-refractivity contribution in [1.29, 1.82) is 0 Å². The molecule has 2 aromatic rings. The van der Waals surface area contributed by atoms with Crippen LogP contribution in [0.5, 0.6) is 0 Å². The van der Waals surface area contributed by atoms with Crippen molar-refractivity contribution in [2.24, 2.45) is 0 Å². The second-order valence-corrected chi connectivity index (χ2v) is 7.46. The molecule has 0 spiro atoms. The standard InChI is InChI=1S/C14H15FO2S2/c1-8-14(19-5-4-18-8)13(16)12-7-9-6-10(15)2-3-11(9)17-12/h2-3,6-8,13-14,16H,4-5H2,1H3. The Balaban J connectivity index is 1.90. The monoisotopic (exact) mass is 298 g/mol. The predicted molar refractivity (Wildman–Crippen MR) is 79.3 cm³/mol. The summed E-state index contributed by atoms with van der Waals surface area (Å²) in [6, 6.07) is 6.15. The lowest BCUT2D eigenvalue weighted by Gasteiger charge is -2.30. The Bertz CT molecular complexity index is 584. The van der Waals surface area contributed by atoms with Gasteiger partial charge in [-0.15, -0.1) is 0 Å². The molecule has 2 nitrogen and oxygen atoms in total. The van der Waals surface area contributed by atoms with Crippen molar-refractivity contribution in [2.45, 2.75) is 23.5 Å². The van der Waals surface area contributed by atoms with Gasteiger partial charge in [0, 0.05) is 27.4 Å². The molecule has 0 bridgehead atoms. The summed E-state index contributed by atoms with van der Waals surface area (Å²) in [7, 11) is 0. The quantitative estimate of drug-likeness (QED) is 0.913. The Labute approximate surface area is 119 Å². The maximum atomic E-state index is 13.2. The van der Waals surface area contributed by atoms with Gasteiger partial charge in [-0.1, -0.05) is 6.92 Å². The molecule has 1 aromatic carbocycles. The van der Waals surface area contributed by atoms with Gasteiger partial charge in [0.15, 0.2) is 0 Å². The molecule has 1 fully saturated rings. The molecule has 1 aliphatic rings. The number of halogens is 1. The average molecular weight is 298 g/mol. The van der Waals surface area contributed by atoms with Crippen LogP contribution in [-0.4, -0.2) is 27.1 Å². The number of rotatable bonds is 2. The number of hydrogen-bond donors (Lipinski definition) is 1. The Morgan fingerprint density at radius 2 is 2.11 bits per heavy atom. The number of fused-ring (bicyclic) bond motifs is 1. The second kappa shape index (κ2) is 5.38. The van der Waals surface area contributed by atoms with Crippen LogP contribution in [0.25, 0.3) is 11.0 Å². The minimum absolute atomic E-state index is 0.129. The summed E-state index contributed by atoms with van der Waals surface area (Å²) in [5, 5.41) is 11.7. The lowest BCUT2D eigenvalue weighted by Crippen LogP contribution is -2.29. The molecule has 0 amide bonds. The average Bonchev–Trinajstić information content (AvgIpc) is 2.81. The van der Waals surface area contributed by atoms with Gasteiger partial charge >= 0.3 is 0 Å². The normalized spacial score (nSPS) is 25.6. The van der Waals surface area contributed by atoms with E-state index in [1.807, 2.05) is 11.8 Å². The molecule has 0 aliphatic carbocycles. The SMILES string of the molecule is CC1SCCSC1C(O)c1cc2cc(F)ccc2o1. The number of aliphatic hydroxyl groups is 1. The van der Waals surface area contributed by atoms with E-state index in [0.717, 1.165) is 11.5 Å². The van der Waals surface area contributed by atoms with E-state index < -0.39 is 6.10 Å². The van der Waals surface area contributed by atoms with Crippen LogP contribution < -0.4 is 0 Å². The van der Waals surface area contributed by atoms with E-state index in [4.69, 9.17) is 4.42 Å². The van der Waals surface area contributed by atoms with E-state index in [0.29, 0.717) is 22.0 Å². The van der Waals surface area contributed by atoms with Gasteiger partial charge in [0.1, 0.15) is 23.3 Å². The van der Waals surface area contributed by atoms with Crippen molar-refractivity contribution in [3.05, 3.63) is 35.8 Å². The molecular formula is C14H15FO2S2. The van der Waals surface area contributed by atoms with Gasteiger partial charge in [-0.3, -0.25) is 0 Å². The van der Waals surface area contributed by atoms with Crippen molar-refractivity contribution in [3.8, 4) is 0 Å². The zero-order valence-corrected chi connectivity index (χ0v) is 12.1. The Morgan fingerprint density at radius 3 is 2.89 bits per heavy atom. The molecule has 1 N–H and O–H groups in total. The minimum Gasteiger partial charge on any atom is -0.458 e. The van der Waals surface area contributed by atoms with Gasteiger partial charge in [-0.2, -0.15) is 23.5 Å². The van der Waals surface area contributed by atoms with Gasteiger partial charge in [0.05, 0.1) is 0 Å². The number of benzene rings is 1. The molecule has 0 saturated carbocycles. The first-order valence-corrected chi connectivity index (χ1v) is 8.35. The summed E-state index contributed by atoms with van der Waals surface area (Å²) in [4.78, 5) is 0. The molecule has 2 heterocycles. The highest BCUT2D eigenvalue weighted by molar-refractivity contribution is 8.07. The zero-order valence-electron chi connectivity index (χ0n) is 10.5. The van der Waals surface area contributed by atoms with Crippen LogP contribution in [0.1, 0.15) is 18.8 Å². The molecule has 5 heteroatoms. The van der Waals surface area contributed by atoms with Crippen molar-refractivity contribution in [1.82, 2.24) is 0 Å². The first-order chi connectivity index (χ1) is 9.15. The zero-order chi connectivity index (χ0) is 13.4. The molecular weight excluding hydrogens is 283 g/mol. The largest absolute Gasteiger partial charge is 0.458 e. The van der Waals surface area contributed by atoms with E-state index in [2.05, 4.69) is 6.92 Å². The fourth-order valence-electron chi connectivity index (χ4n) is 2.34. The molecule has 1 saturated heterocycles. The number of furan rings is 1. The summed E-state index contributed by atoms with van der Waals surface area (Å²) in [6.07, 6.45) is -0.636. The van der Waals surface area contributed by atoms with E-state index in [1.54, 1.807) is 23.9 Å². The van der Waals surface area contributed by atoms with Crippen molar-refractivity contribution in [2.75, 3.05) is 11.5 Å². The fraction of sp³-hybridized carbons (Fsp3) is 0.429. The second-order valence-electron chi connectivity index (χ2n) is 4.69. The maximum absolute atomic E-state index is 13.2. The number of thioether (sulfide) groups is 2. The smallest absolute Gasteiger partial charge is 0.135 e. The summed E-state index contributed by atoms with van der Waals surface area (Å²) in [6.45, 7) is 2.13. The highest BCUT2D eigenvalue weighted by Crippen LogP contribution is 2.39. The van der Waals surface area contributed by atoms with Crippen LogP contribution in [0, 0.1) is 5.82 Å². The lowest BCUT2D eigenvalue weighted by molar-refractivity contribution is 0.149. The maximum Gasteiger partial charge on any atom is 0.135 e. The molecule has 1 aromatic heterocycles. The van der Waals surface area contributed by atoms with E-state index >= 15 is 0 Å². The van der Waals surface area contributed by atoms with Crippen molar-refractivity contribution >= 4 is 34.5 Å². The summed E-state index contributed by atoms with van der Waals surface area (Å²) in [5.41, 5.74) is 0.622. The summed E-state index contributed by atoms with van der Waals surface area (Å²) < 4.78 is 18.8. The highest BCUT2D eigenvalue weighted by Gasteiger charge is 2.32. The van der Waals surface area contributed by atoms with Crippen LogP contribution in [-0.2, 0) is 0 Å². The van der Waals surface area contributed by atoms with Crippen molar-refractivity contribution in [3.63, 3.8) is 0 Å². The summed E-state index contributed by atoms with van der Waals surface area (Å²) in [5.74, 6) is 2.42. The van der Waals surface area contributed by atoms with Crippen LogP contribution >= 0.6 is 23.5 Å². The van der Waals surface area contributed by atoms with Gasteiger partial charge in [0.25, 0.3) is 0 Å². The molecule has 3 rings (SSSR count). The topological polar surface area (TPSA) is 33.4 Å².